The molecule has 0 aliphatic rings. The number of aryl methyl sites for hydroxylation is 1. The van der Waals surface area contributed by atoms with E-state index in [4.69, 9.17) is 4.74 Å². The molecule has 0 atom stereocenters. The number of benzene rings is 2. The predicted molar refractivity (Wildman–Crippen MR) is 102 cm³/mol. The van der Waals surface area contributed by atoms with E-state index in [9.17, 15) is 13.2 Å². The van der Waals surface area contributed by atoms with Crippen molar-refractivity contribution in [3.63, 3.8) is 0 Å². The van der Waals surface area contributed by atoms with Gasteiger partial charge >= 0.3 is 0 Å². The number of halogens is 3. The summed E-state index contributed by atoms with van der Waals surface area (Å²) < 4.78 is 45.7. The van der Waals surface area contributed by atoms with Crippen molar-refractivity contribution in [1.82, 2.24) is 9.97 Å². The van der Waals surface area contributed by atoms with E-state index in [0.717, 1.165) is 23.4 Å². The highest BCUT2D eigenvalue weighted by molar-refractivity contribution is 5.60. The molecule has 0 aliphatic carbocycles. The third-order valence-corrected chi connectivity index (χ3v) is 4.03. The van der Waals surface area contributed by atoms with E-state index in [1.54, 1.807) is 20.1 Å². The van der Waals surface area contributed by atoms with Gasteiger partial charge in [0.05, 0.1) is 12.8 Å². The number of anilines is 3. The Morgan fingerprint density at radius 1 is 0.964 bits per heavy atom. The van der Waals surface area contributed by atoms with Crippen molar-refractivity contribution in [3.05, 3.63) is 71.3 Å². The van der Waals surface area contributed by atoms with Crippen LogP contribution in [0, 0.1) is 24.4 Å². The van der Waals surface area contributed by atoms with Gasteiger partial charge in [-0.2, -0.15) is 0 Å². The molecule has 0 saturated carbocycles. The summed E-state index contributed by atoms with van der Waals surface area (Å²) in [5, 5.41) is 5.83. The second kappa shape index (κ2) is 8.60. The van der Waals surface area contributed by atoms with Crippen molar-refractivity contribution < 1.29 is 17.9 Å². The first-order valence-electron chi connectivity index (χ1n) is 8.60. The SMILES string of the molecule is COc1ccccc1CCNc1cc(Nc2ccc(F)c(F)c2F)nc(C)n1. The third kappa shape index (κ3) is 4.51. The minimum absolute atomic E-state index is 0.211. The molecule has 2 N–H and O–H groups in total. The summed E-state index contributed by atoms with van der Waals surface area (Å²) in [6, 6.07) is 11.2. The first kappa shape index (κ1) is 19.5. The maximum atomic E-state index is 13.9. The molecule has 28 heavy (non-hydrogen) atoms. The second-order valence-electron chi connectivity index (χ2n) is 6.02. The van der Waals surface area contributed by atoms with Gasteiger partial charge in [0, 0.05) is 12.6 Å². The van der Waals surface area contributed by atoms with Crippen LogP contribution in [-0.4, -0.2) is 23.6 Å². The maximum absolute atomic E-state index is 13.9. The maximum Gasteiger partial charge on any atom is 0.196 e. The van der Waals surface area contributed by atoms with Gasteiger partial charge in [0.25, 0.3) is 0 Å². The number of rotatable bonds is 7. The molecule has 0 aliphatic heterocycles. The van der Waals surface area contributed by atoms with Crippen LogP contribution in [-0.2, 0) is 6.42 Å². The lowest BCUT2D eigenvalue weighted by molar-refractivity contribution is 0.410. The van der Waals surface area contributed by atoms with E-state index in [0.29, 0.717) is 24.6 Å². The van der Waals surface area contributed by atoms with Gasteiger partial charge in [-0.25, -0.2) is 23.1 Å². The summed E-state index contributed by atoms with van der Waals surface area (Å²) in [5.74, 6) is -2.06. The van der Waals surface area contributed by atoms with Gasteiger partial charge in [-0.05, 0) is 37.1 Å². The largest absolute Gasteiger partial charge is 0.496 e. The zero-order valence-electron chi connectivity index (χ0n) is 15.4. The molecule has 146 valence electrons. The van der Waals surface area contributed by atoms with Gasteiger partial charge in [0.1, 0.15) is 23.2 Å². The zero-order chi connectivity index (χ0) is 20.1. The van der Waals surface area contributed by atoms with Crippen LogP contribution >= 0.6 is 0 Å². The average molecular weight is 388 g/mol. The Hall–Kier alpha value is -3.29. The van der Waals surface area contributed by atoms with Gasteiger partial charge in [0.15, 0.2) is 17.5 Å². The van der Waals surface area contributed by atoms with Crippen molar-refractivity contribution in [3.8, 4) is 5.75 Å². The van der Waals surface area contributed by atoms with Crippen LogP contribution in [0.1, 0.15) is 11.4 Å². The van der Waals surface area contributed by atoms with Gasteiger partial charge in [-0.1, -0.05) is 18.2 Å². The molecule has 0 saturated heterocycles. The smallest absolute Gasteiger partial charge is 0.196 e. The van der Waals surface area contributed by atoms with Crippen LogP contribution in [0.5, 0.6) is 5.75 Å². The molecule has 8 heteroatoms. The lowest BCUT2D eigenvalue weighted by Crippen LogP contribution is -2.09. The number of methoxy groups -OCH3 is 1. The number of ether oxygens (including phenoxy) is 1. The minimum Gasteiger partial charge on any atom is -0.496 e. The van der Waals surface area contributed by atoms with Crippen LogP contribution in [0.2, 0.25) is 0 Å². The molecule has 0 spiro atoms. The molecule has 0 amide bonds. The quantitative estimate of drug-likeness (QED) is 0.579. The highest BCUT2D eigenvalue weighted by Crippen LogP contribution is 2.24. The zero-order valence-corrected chi connectivity index (χ0v) is 15.4. The Balaban J connectivity index is 1.70. The van der Waals surface area contributed by atoms with Crippen LogP contribution in [0.25, 0.3) is 0 Å². The molecular weight excluding hydrogens is 369 g/mol. The predicted octanol–water partition coefficient (Wildman–Crippen LogP) is 4.61. The van der Waals surface area contributed by atoms with Crippen molar-refractivity contribution in [2.24, 2.45) is 0 Å². The summed E-state index contributed by atoms with van der Waals surface area (Å²) >= 11 is 0. The molecule has 0 bridgehead atoms. The molecule has 0 unspecified atom stereocenters. The fourth-order valence-electron chi connectivity index (χ4n) is 2.72. The number of nitrogens with zero attached hydrogens (tertiary/aromatic N) is 2. The van der Waals surface area contributed by atoms with E-state index < -0.39 is 17.5 Å². The standard InChI is InChI=1S/C20H19F3N4O/c1-12-25-17(24-10-9-13-5-3-4-6-16(13)28-2)11-18(26-12)27-15-8-7-14(21)19(22)20(15)23/h3-8,11H,9-10H2,1-2H3,(H2,24,25,26,27). The lowest BCUT2D eigenvalue weighted by atomic mass is 10.1. The van der Waals surface area contributed by atoms with Gasteiger partial charge in [-0.3, -0.25) is 0 Å². The van der Waals surface area contributed by atoms with E-state index >= 15 is 0 Å². The summed E-state index contributed by atoms with van der Waals surface area (Å²) in [4.78, 5) is 8.43. The normalized spacial score (nSPS) is 10.6. The molecule has 0 radical (unpaired) electrons. The average Bonchev–Trinajstić information content (AvgIpc) is 2.68. The van der Waals surface area contributed by atoms with Crippen LogP contribution < -0.4 is 15.4 Å². The molecule has 0 fully saturated rings. The summed E-state index contributed by atoms with van der Waals surface area (Å²) in [7, 11) is 1.62. The molecule has 2 aromatic carbocycles. The monoisotopic (exact) mass is 388 g/mol. The molecule has 5 nitrogen and oxygen atoms in total. The Morgan fingerprint density at radius 3 is 2.50 bits per heavy atom. The number of aromatic nitrogens is 2. The molecular formula is C20H19F3N4O. The fourth-order valence-corrected chi connectivity index (χ4v) is 2.72. The van der Waals surface area contributed by atoms with Crippen molar-refractivity contribution in [2.45, 2.75) is 13.3 Å². The number of hydrogen-bond acceptors (Lipinski definition) is 5. The van der Waals surface area contributed by atoms with Gasteiger partial charge in [-0.15, -0.1) is 0 Å². The molecule has 3 aromatic rings. The van der Waals surface area contributed by atoms with Crippen LogP contribution in [0.3, 0.4) is 0 Å². The van der Waals surface area contributed by atoms with Crippen molar-refractivity contribution in [1.29, 1.82) is 0 Å². The number of para-hydroxylation sites is 1. The third-order valence-electron chi connectivity index (χ3n) is 4.03. The highest BCUT2D eigenvalue weighted by Gasteiger charge is 2.14. The molecule has 1 aromatic heterocycles. The topological polar surface area (TPSA) is 59.1 Å². The Kier molecular flexibility index (Phi) is 5.98. The molecule has 3 rings (SSSR count). The van der Waals surface area contributed by atoms with Crippen LogP contribution in [0.15, 0.2) is 42.5 Å². The molecule has 1 heterocycles. The van der Waals surface area contributed by atoms with Crippen LogP contribution in [0.4, 0.5) is 30.5 Å². The van der Waals surface area contributed by atoms with E-state index in [1.165, 1.54) is 0 Å². The first-order valence-corrected chi connectivity index (χ1v) is 8.60. The summed E-state index contributed by atoms with van der Waals surface area (Å²) in [5.41, 5.74) is 0.836. The van der Waals surface area contributed by atoms with Crippen molar-refractivity contribution >= 4 is 17.3 Å². The Bertz CT molecular complexity index is 982. The number of hydrogen-bond donors (Lipinski definition) is 2. The second-order valence-corrected chi connectivity index (χ2v) is 6.02. The summed E-state index contributed by atoms with van der Waals surface area (Å²) in [6.45, 7) is 2.26. The van der Waals surface area contributed by atoms with Gasteiger partial charge < -0.3 is 15.4 Å². The fraction of sp³-hybridized carbons (Fsp3) is 0.200. The van der Waals surface area contributed by atoms with Crippen molar-refractivity contribution in [2.75, 3.05) is 24.3 Å². The highest BCUT2D eigenvalue weighted by atomic mass is 19.2. The minimum atomic E-state index is -1.54. The van der Waals surface area contributed by atoms with E-state index in [1.807, 2.05) is 24.3 Å². The van der Waals surface area contributed by atoms with Gasteiger partial charge in [0.2, 0.25) is 0 Å². The van der Waals surface area contributed by atoms with E-state index in [-0.39, 0.29) is 11.5 Å². The lowest BCUT2D eigenvalue weighted by Gasteiger charge is -2.12. The Morgan fingerprint density at radius 2 is 1.71 bits per heavy atom. The first-order chi connectivity index (χ1) is 13.5. The summed E-state index contributed by atoms with van der Waals surface area (Å²) in [6.07, 6.45) is 0.702. The van der Waals surface area contributed by atoms with E-state index in [2.05, 4.69) is 20.6 Å². The number of nitrogens with one attached hydrogen (secondary N) is 2. The Labute approximate surface area is 160 Å².